The summed E-state index contributed by atoms with van der Waals surface area (Å²) in [5.74, 6) is -1.30. The molecule has 2 unspecified atom stereocenters. The first kappa shape index (κ1) is 27.2. The molecule has 11 nitrogen and oxygen atoms in total. The first-order valence-electron chi connectivity index (χ1n) is 11.1. The lowest BCUT2D eigenvalue weighted by Crippen LogP contribution is -2.27. The van der Waals surface area contributed by atoms with Crippen molar-refractivity contribution in [3.8, 4) is 11.3 Å². The number of aromatic amines is 1. The molecule has 2 atom stereocenters. The Morgan fingerprint density at radius 1 is 1.17 bits per heavy atom. The Bertz CT molecular complexity index is 1380. The van der Waals surface area contributed by atoms with Crippen molar-refractivity contribution in [1.29, 1.82) is 0 Å². The third-order valence-corrected chi connectivity index (χ3v) is 6.48. The van der Waals surface area contributed by atoms with Gasteiger partial charge in [-0.2, -0.15) is 4.98 Å². The summed E-state index contributed by atoms with van der Waals surface area (Å²) in [5.41, 5.74) is 1.90. The molecule has 2 aromatic heterocycles. The summed E-state index contributed by atoms with van der Waals surface area (Å²) in [6.07, 6.45) is 1.88. The number of nitrogens with one attached hydrogen (secondary N) is 1. The SMILES string of the molecule is CC(C)c1nc(N(C)S(C)(=O)=O)nc(-c2ccc(F)cc2)c1/C=C/C(O)CC(O)Cc1nc(=O)o[nH]1. The minimum Gasteiger partial charge on any atom is -0.393 e. The quantitative estimate of drug-likeness (QED) is 0.361. The molecule has 0 bridgehead atoms. The van der Waals surface area contributed by atoms with Crippen LogP contribution in [0.3, 0.4) is 0 Å². The van der Waals surface area contributed by atoms with E-state index in [-0.39, 0.29) is 30.5 Å². The van der Waals surface area contributed by atoms with Crippen LogP contribution in [0.2, 0.25) is 0 Å². The Labute approximate surface area is 207 Å². The highest BCUT2D eigenvalue weighted by atomic mass is 32.2. The van der Waals surface area contributed by atoms with Gasteiger partial charge in [0.05, 0.1) is 29.9 Å². The molecule has 3 aromatic rings. The van der Waals surface area contributed by atoms with Crippen LogP contribution in [0.4, 0.5) is 10.3 Å². The number of nitrogens with zero attached hydrogens (tertiary/aromatic N) is 4. The number of aliphatic hydroxyl groups is 2. The van der Waals surface area contributed by atoms with Gasteiger partial charge in [0, 0.05) is 31.0 Å². The summed E-state index contributed by atoms with van der Waals surface area (Å²) in [4.78, 5) is 23.5. The average Bonchev–Trinajstić information content (AvgIpc) is 3.20. The highest BCUT2D eigenvalue weighted by Gasteiger charge is 2.22. The van der Waals surface area contributed by atoms with Crippen LogP contribution in [0.1, 0.15) is 43.3 Å². The maximum absolute atomic E-state index is 13.6. The number of rotatable bonds is 10. The van der Waals surface area contributed by atoms with Crippen molar-refractivity contribution in [2.45, 2.75) is 44.8 Å². The Balaban J connectivity index is 1.99. The van der Waals surface area contributed by atoms with Crippen molar-refractivity contribution in [2.75, 3.05) is 17.6 Å². The number of aromatic nitrogens is 4. The monoisotopic (exact) mass is 521 g/mol. The average molecular weight is 522 g/mol. The molecule has 0 radical (unpaired) electrons. The minimum atomic E-state index is -3.65. The van der Waals surface area contributed by atoms with Gasteiger partial charge in [0.15, 0.2) is 0 Å². The summed E-state index contributed by atoms with van der Waals surface area (Å²) in [6.45, 7) is 3.74. The van der Waals surface area contributed by atoms with Crippen LogP contribution in [0.25, 0.3) is 17.3 Å². The van der Waals surface area contributed by atoms with Crippen molar-refractivity contribution >= 4 is 22.0 Å². The van der Waals surface area contributed by atoms with Gasteiger partial charge in [-0.15, -0.1) is 0 Å². The van der Waals surface area contributed by atoms with E-state index in [9.17, 15) is 27.8 Å². The van der Waals surface area contributed by atoms with Crippen LogP contribution in [0.15, 0.2) is 39.7 Å². The summed E-state index contributed by atoms with van der Waals surface area (Å²) in [5, 5.41) is 23.0. The molecule has 0 amide bonds. The number of sulfonamides is 1. The third-order valence-electron chi connectivity index (χ3n) is 5.32. The first-order valence-corrected chi connectivity index (χ1v) is 12.9. The predicted molar refractivity (Wildman–Crippen MR) is 131 cm³/mol. The van der Waals surface area contributed by atoms with Crippen LogP contribution in [0.5, 0.6) is 0 Å². The molecule has 2 heterocycles. The summed E-state index contributed by atoms with van der Waals surface area (Å²) < 4.78 is 43.3. The Kier molecular flexibility index (Phi) is 8.38. The fraction of sp³-hybridized carbons (Fsp3) is 0.391. The van der Waals surface area contributed by atoms with E-state index in [4.69, 9.17) is 0 Å². The smallest absolute Gasteiger partial charge is 0.393 e. The van der Waals surface area contributed by atoms with Crippen molar-refractivity contribution < 1.29 is 27.5 Å². The predicted octanol–water partition coefficient (Wildman–Crippen LogP) is 1.85. The maximum Gasteiger partial charge on any atom is 0.459 e. The van der Waals surface area contributed by atoms with Crippen LogP contribution in [-0.2, 0) is 16.4 Å². The van der Waals surface area contributed by atoms with E-state index in [1.807, 2.05) is 13.8 Å². The molecule has 0 aliphatic rings. The molecular weight excluding hydrogens is 493 g/mol. The zero-order valence-corrected chi connectivity index (χ0v) is 21.0. The lowest BCUT2D eigenvalue weighted by molar-refractivity contribution is 0.103. The molecule has 13 heteroatoms. The lowest BCUT2D eigenvalue weighted by Gasteiger charge is -2.20. The zero-order valence-electron chi connectivity index (χ0n) is 20.2. The summed E-state index contributed by atoms with van der Waals surface area (Å²) in [7, 11) is -2.31. The van der Waals surface area contributed by atoms with Crippen LogP contribution in [-0.4, -0.2) is 64.3 Å². The molecule has 36 heavy (non-hydrogen) atoms. The van der Waals surface area contributed by atoms with Gasteiger partial charge >= 0.3 is 5.76 Å². The molecule has 0 spiro atoms. The fourth-order valence-corrected chi connectivity index (χ4v) is 3.79. The normalized spacial score (nSPS) is 13.9. The minimum absolute atomic E-state index is 0.0235. The number of hydrogen-bond acceptors (Lipinski definition) is 9. The van der Waals surface area contributed by atoms with Crippen LogP contribution >= 0.6 is 0 Å². The Hall–Kier alpha value is -3.42. The molecule has 0 aliphatic carbocycles. The maximum atomic E-state index is 13.6. The van der Waals surface area contributed by atoms with Crippen molar-refractivity contribution in [1.82, 2.24) is 20.1 Å². The van der Waals surface area contributed by atoms with Crippen molar-refractivity contribution in [2.24, 2.45) is 0 Å². The molecule has 3 N–H and O–H groups in total. The number of hydrogen-bond donors (Lipinski definition) is 3. The second-order valence-electron chi connectivity index (χ2n) is 8.61. The van der Waals surface area contributed by atoms with Gasteiger partial charge in [-0.3, -0.25) is 0 Å². The van der Waals surface area contributed by atoms with E-state index in [1.54, 1.807) is 6.08 Å². The van der Waals surface area contributed by atoms with E-state index in [2.05, 4.69) is 24.6 Å². The number of halogens is 1. The van der Waals surface area contributed by atoms with Crippen molar-refractivity contribution in [3.63, 3.8) is 0 Å². The highest BCUT2D eigenvalue weighted by molar-refractivity contribution is 7.92. The first-order chi connectivity index (χ1) is 16.8. The van der Waals surface area contributed by atoms with Gasteiger partial charge in [-0.25, -0.2) is 37.0 Å². The van der Waals surface area contributed by atoms with E-state index in [0.29, 0.717) is 22.5 Å². The molecule has 0 saturated carbocycles. The molecule has 0 fully saturated rings. The molecular formula is C23H28FN5O6S. The molecule has 194 valence electrons. The topological polar surface area (TPSA) is 163 Å². The van der Waals surface area contributed by atoms with Crippen LogP contribution in [0, 0.1) is 5.82 Å². The molecule has 3 rings (SSSR count). The van der Waals surface area contributed by atoms with Gasteiger partial charge in [-0.05, 0) is 30.2 Å². The van der Waals surface area contributed by atoms with Crippen molar-refractivity contribution in [3.05, 3.63) is 63.8 Å². The second kappa shape index (κ2) is 11.1. The fourth-order valence-electron chi connectivity index (χ4n) is 3.41. The summed E-state index contributed by atoms with van der Waals surface area (Å²) >= 11 is 0. The standard InChI is InChI=1S/C23H28FN5O6S/c1-13(2)20-18(10-9-16(30)11-17(31)12-19-25-23(32)35-28-19)21(14-5-7-15(24)8-6-14)27-22(26-20)29(3)36(4,33)34/h5-10,13,16-17,30-31H,11-12H2,1-4H3,(H,25,28,32)/b10-9+. The molecule has 0 saturated heterocycles. The Morgan fingerprint density at radius 3 is 2.39 bits per heavy atom. The highest BCUT2D eigenvalue weighted by Crippen LogP contribution is 2.31. The zero-order chi connectivity index (χ0) is 26.6. The van der Waals surface area contributed by atoms with Gasteiger partial charge in [0.25, 0.3) is 0 Å². The lowest BCUT2D eigenvalue weighted by atomic mass is 9.97. The van der Waals surface area contributed by atoms with E-state index >= 15 is 0 Å². The largest absolute Gasteiger partial charge is 0.459 e. The number of anilines is 1. The third kappa shape index (κ3) is 6.83. The molecule has 0 aliphatic heterocycles. The van der Waals surface area contributed by atoms with E-state index in [1.165, 1.54) is 37.4 Å². The van der Waals surface area contributed by atoms with Gasteiger partial charge in [0.2, 0.25) is 16.0 Å². The number of aliphatic hydroxyl groups excluding tert-OH is 2. The van der Waals surface area contributed by atoms with E-state index in [0.717, 1.165) is 10.6 Å². The van der Waals surface area contributed by atoms with Gasteiger partial charge in [0.1, 0.15) is 11.6 Å². The second-order valence-corrected chi connectivity index (χ2v) is 10.6. The number of H-pyrrole nitrogens is 1. The Morgan fingerprint density at radius 2 is 1.83 bits per heavy atom. The number of benzene rings is 1. The van der Waals surface area contributed by atoms with E-state index < -0.39 is 33.8 Å². The molecule has 1 aromatic carbocycles. The van der Waals surface area contributed by atoms with Crippen LogP contribution < -0.4 is 10.1 Å². The van der Waals surface area contributed by atoms with Gasteiger partial charge in [-0.1, -0.05) is 26.0 Å². The van der Waals surface area contributed by atoms with Gasteiger partial charge < -0.3 is 14.7 Å². The summed E-state index contributed by atoms with van der Waals surface area (Å²) in [6, 6.07) is 5.56.